The maximum atomic E-state index is 13.7. The molecular formula is C24H14Cl3NO2. The summed E-state index contributed by atoms with van der Waals surface area (Å²) in [7, 11) is 0. The van der Waals surface area contributed by atoms with Crippen LogP contribution in [0.4, 0.5) is 5.69 Å². The van der Waals surface area contributed by atoms with Crippen molar-refractivity contribution in [1.29, 1.82) is 0 Å². The van der Waals surface area contributed by atoms with Gasteiger partial charge in [-0.3, -0.25) is 9.59 Å². The monoisotopic (exact) mass is 453 g/mol. The topological polar surface area (TPSA) is 37.4 Å². The lowest BCUT2D eigenvalue weighted by Gasteiger charge is -2.50. The van der Waals surface area contributed by atoms with Crippen LogP contribution < -0.4 is 4.90 Å². The average Bonchev–Trinajstić information content (AvgIpc) is 3.01. The summed E-state index contributed by atoms with van der Waals surface area (Å²) >= 11 is 19.8. The Bertz CT molecular complexity index is 1220. The molecule has 0 aromatic heterocycles. The third kappa shape index (κ3) is 2.08. The fourth-order valence-corrected chi connectivity index (χ4v) is 6.65. The second-order valence-electron chi connectivity index (χ2n) is 7.98. The first-order valence-corrected chi connectivity index (χ1v) is 10.8. The summed E-state index contributed by atoms with van der Waals surface area (Å²) in [6.45, 7) is 0. The molecular weight excluding hydrogens is 441 g/mol. The van der Waals surface area contributed by atoms with Gasteiger partial charge in [0.15, 0.2) is 0 Å². The highest BCUT2D eigenvalue weighted by molar-refractivity contribution is 6.39. The fraction of sp³-hybridized carbons (Fsp3) is 0.167. The number of hydrogen-bond acceptors (Lipinski definition) is 2. The van der Waals surface area contributed by atoms with Gasteiger partial charge >= 0.3 is 0 Å². The van der Waals surface area contributed by atoms with E-state index in [1.807, 2.05) is 48.5 Å². The summed E-state index contributed by atoms with van der Waals surface area (Å²) in [6, 6.07) is 20.5. The zero-order valence-electron chi connectivity index (χ0n) is 15.5. The summed E-state index contributed by atoms with van der Waals surface area (Å²) in [4.78, 5) is 27.5. The summed E-state index contributed by atoms with van der Waals surface area (Å²) in [6.07, 6.45) is 0. The molecule has 0 radical (unpaired) electrons. The van der Waals surface area contributed by atoms with Crippen molar-refractivity contribution < 1.29 is 9.59 Å². The predicted octanol–water partition coefficient (Wildman–Crippen LogP) is 5.74. The van der Waals surface area contributed by atoms with E-state index in [-0.39, 0.29) is 22.8 Å². The Morgan fingerprint density at radius 1 is 0.800 bits per heavy atom. The molecule has 3 nitrogen and oxygen atoms in total. The van der Waals surface area contributed by atoms with E-state index in [2.05, 4.69) is 0 Å². The number of carbonyl (C=O) groups excluding carboxylic acids is 2. The zero-order chi connectivity index (χ0) is 20.8. The second-order valence-corrected chi connectivity index (χ2v) is 9.41. The molecule has 1 fully saturated rings. The van der Waals surface area contributed by atoms with Gasteiger partial charge in [0, 0.05) is 10.9 Å². The molecule has 2 amide bonds. The number of rotatable bonds is 1. The lowest BCUT2D eigenvalue weighted by Crippen LogP contribution is -2.50. The molecule has 0 saturated carbocycles. The third-order valence-corrected chi connectivity index (χ3v) is 7.85. The lowest BCUT2D eigenvalue weighted by atomic mass is 9.54. The second kappa shape index (κ2) is 6.10. The summed E-state index contributed by atoms with van der Waals surface area (Å²) in [5.74, 6) is -2.10. The molecule has 7 rings (SSSR count). The number of halogens is 3. The Morgan fingerprint density at radius 3 is 2.00 bits per heavy atom. The minimum absolute atomic E-state index is 0.226. The molecule has 0 N–H and O–H groups in total. The zero-order valence-corrected chi connectivity index (χ0v) is 17.7. The van der Waals surface area contributed by atoms with E-state index in [0.29, 0.717) is 10.7 Å². The van der Waals surface area contributed by atoms with E-state index in [1.165, 1.54) is 11.0 Å². The van der Waals surface area contributed by atoms with Gasteiger partial charge in [0.25, 0.3) is 0 Å². The number of alkyl halides is 1. The molecule has 30 heavy (non-hydrogen) atoms. The maximum absolute atomic E-state index is 13.7. The number of amides is 2. The van der Waals surface area contributed by atoms with Crippen LogP contribution in [0.15, 0.2) is 66.7 Å². The van der Waals surface area contributed by atoms with E-state index in [4.69, 9.17) is 34.8 Å². The highest BCUT2D eigenvalue weighted by atomic mass is 35.5. The smallest absolute Gasteiger partial charge is 0.240 e. The van der Waals surface area contributed by atoms with Crippen LogP contribution >= 0.6 is 34.8 Å². The molecule has 1 saturated heterocycles. The van der Waals surface area contributed by atoms with Crippen molar-refractivity contribution >= 4 is 52.3 Å². The van der Waals surface area contributed by atoms with Crippen LogP contribution in [0.25, 0.3) is 0 Å². The molecule has 0 spiro atoms. The number of imide groups is 1. The highest BCUT2D eigenvalue weighted by Gasteiger charge is 2.68. The van der Waals surface area contributed by atoms with Crippen molar-refractivity contribution in [3.05, 3.63) is 99.0 Å². The van der Waals surface area contributed by atoms with Gasteiger partial charge in [-0.2, -0.15) is 0 Å². The molecule has 1 aliphatic heterocycles. The summed E-state index contributed by atoms with van der Waals surface area (Å²) < 4.78 is 0. The highest BCUT2D eigenvalue weighted by Crippen LogP contribution is 2.66. The fourth-order valence-electron chi connectivity index (χ4n) is 5.58. The van der Waals surface area contributed by atoms with Crippen LogP contribution in [0.5, 0.6) is 0 Å². The maximum Gasteiger partial charge on any atom is 0.240 e. The van der Waals surface area contributed by atoms with Crippen LogP contribution in [0.3, 0.4) is 0 Å². The average molecular weight is 455 g/mol. The van der Waals surface area contributed by atoms with E-state index < -0.39 is 16.7 Å². The van der Waals surface area contributed by atoms with Gasteiger partial charge in [-0.15, -0.1) is 11.6 Å². The molecule has 3 aliphatic carbocycles. The van der Waals surface area contributed by atoms with E-state index >= 15 is 0 Å². The molecule has 148 valence electrons. The summed E-state index contributed by atoms with van der Waals surface area (Å²) in [5.41, 5.74) is 4.18. The Morgan fingerprint density at radius 2 is 1.40 bits per heavy atom. The number of nitrogens with zero attached hydrogens (tertiary/aromatic N) is 1. The molecule has 0 unspecified atom stereocenters. The van der Waals surface area contributed by atoms with E-state index in [0.717, 1.165) is 22.3 Å². The number of carbonyl (C=O) groups is 2. The molecule has 4 aliphatic rings. The van der Waals surface area contributed by atoms with Crippen molar-refractivity contribution in [3.63, 3.8) is 0 Å². The molecule has 2 bridgehead atoms. The first-order chi connectivity index (χ1) is 14.4. The van der Waals surface area contributed by atoms with Crippen molar-refractivity contribution in [1.82, 2.24) is 0 Å². The molecule has 2 atom stereocenters. The summed E-state index contributed by atoms with van der Waals surface area (Å²) in [5, 5.41) is 0.697. The largest absolute Gasteiger partial charge is 0.274 e. The molecule has 1 heterocycles. The normalized spacial score (nSPS) is 28.4. The van der Waals surface area contributed by atoms with Crippen molar-refractivity contribution in [3.8, 4) is 0 Å². The Kier molecular flexibility index (Phi) is 3.75. The number of hydrogen-bond donors (Lipinski definition) is 0. The molecule has 6 heteroatoms. The van der Waals surface area contributed by atoms with Crippen LogP contribution in [-0.2, 0) is 14.5 Å². The molecule has 3 aromatic carbocycles. The minimum Gasteiger partial charge on any atom is -0.274 e. The van der Waals surface area contributed by atoms with Gasteiger partial charge in [-0.1, -0.05) is 71.7 Å². The van der Waals surface area contributed by atoms with Crippen LogP contribution in [0.1, 0.15) is 28.2 Å². The van der Waals surface area contributed by atoms with Gasteiger partial charge in [0.2, 0.25) is 11.8 Å². The third-order valence-electron chi connectivity index (χ3n) is 6.67. The predicted molar refractivity (Wildman–Crippen MR) is 117 cm³/mol. The number of benzene rings is 3. The van der Waals surface area contributed by atoms with Crippen LogP contribution in [0, 0.1) is 11.8 Å². The van der Waals surface area contributed by atoms with Gasteiger partial charge in [-0.05, 0) is 40.5 Å². The van der Waals surface area contributed by atoms with Crippen molar-refractivity contribution in [2.24, 2.45) is 11.8 Å². The van der Waals surface area contributed by atoms with Crippen LogP contribution in [0.2, 0.25) is 10.0 Å². The molecule has 3 aromatic rings. The van der Waals surface area contributed by atoms with Crippen LogP contribution in [-0.4, -0.2) is 11.8 Å². The van der Waals surface area contributed by atoms with Gasteiger partial charge in [0.05, 0.1) is 22.5 Å². The van der Waals surface area contributed by atoms with Crippen molar-refractivity contribution in [2.75, 3.05) is 4.90 Å². The Balaban J connectivity index is 1.62. The SMILES string of the molecule is O=C1[C@@H]2[C@@H](C(=O)N1c1ccc(Cl)cc1Cl)C1c3ccccc3C2(Cl)c2ccccc21. The lowest BCUT2D eigenvalue weighted by molar-refractivity contribution is -0.122. The minimum atomic E-state index is -1.10. The quantitative estimate of drug-likeness (QED) is 0.347. The van der Waals surface area contributed by atoms with Gasteiger partial charge in [0.1, 0.15) is 4.87 Å². The standard InChI is InChI=1S/C24H14Cl3NO2/c25-12-9-10-18(17(26)11-12)28-22(29)20-19-13-5-1-3-7-15(13)24(27,21(20)23(28)30)16-8-4-2-6-14(16)19/h1-11,19-21H/t19?,20-,21-,24?/m0/s1. The Hall–Kier alpha value is -2.33. The van der Waals surface area contributed by atoms with Gasteiger partial charge in [-0.25, -0.2) is 4.90 Å². The Labute approximate surface area is 188 Å². The number of anilines is 1. The first kappa shape index (κ1) is 18.4. The van der Waals surface area contributed by atoms with Crippen molar-refractivity contribution in [2.45, 2.75) is 10.8 Å². The van der Waals surface area contributed by atoms with E-state index in [9.17, 15) is 9.59 Å². The first-order valence-electron chi connectivity index (χ1n) is 9.65. The van der Waals surface area contributed by atoms with Gasteiger partial charge < -0.3 is 0 Å². The van der Waals surface area contributed by atoms with E-state index in [1.54, 1.807) is 12.1 Å².